The maximum atomic E-state index is 10.6. The van der Waals surface area contributed by atoms with Crippen LogP contribution in [0.3, 0.4) is 0 Å². The minimum atomic E-state index is -4.19. The van der Waals surface area contributed by atoms with Crippen LogP contribution < -0.4 is 0 Å². The van der Waals surface area contributed by atoms with Gasteiger partial charge in [0, 0.05) is 0 Å². The molecule has 0 heterocycles. The monoisotopic (exact) mass is 181 g/mol. The first-order chi connectivity index (χ1) is 4.81. The van der Waals surface area contributed by atoms with Crippen LogP contribution >= 0.6 is 0 Å². The minimum absolute atomic E-state index is 0.391. The Bertz CT molecular complexity index is 208. The van der Waals surface area contributed by atoms with Crippen molar-refractivity contribution in [2.75, 3.05) is 20.6 Å². The van der Waals surface area contributed by atoms with Gasteiger partial charge in [-0.1, -0.05) is 13.3 Å². The van der Waals surface area contributed by atoms with Gasteiger partial charge < -0.3 is 4.55 Å². The number of hydrogen-bond acceptors (Lipinski definition) is 3. The topological polar surface area (TPSA) is 57.2 Å². The van der Waals surface area contributed by atoms with Crippen molar-refractivity contribution in [1.29, 1.82) is 0 Å². The first-order valence-electron chi connectivity index (χ1n) is 3.60. The van der Waals surface area contributed by atoms with Crippen molar-refractivity contribution in [2.24, 2.45) is 0 Å². The van der Waals surface area contributed by atoms with Crippen LogP contribution in [0.5, 0.6) is 0 Å². The van der Waals surface area contributed by atoms with Crippen LogP contribution in [0.4, 0.5) is 0 Å². The van der Waals surface area contributed by atoms with E-state index < -0.39 is 14.2 Å². The number of rotatable bonds is 4. The molecule has 0 rings (SSSR count). The summed E-state index contributed by atoms with van der Waals surface area (Å²) in [6.07, 6.45) is 1.66. The second-order valence-electron chi connectivity index (χ2n) is 3.08. The standard InChI is InChI=1S/C6H15NO3S/c1-4-5-6-7(2,3)11(8,9)10/h4-6H2,1-3H3. The van der Waals surface area contributed by atoms with Crippen molar-refractivity contribution in [3.8, 4) is 0 Å². The number of quaternary nitrogens is 1. The number of hydrogen-bond donors (Lipinski definition) is 0. The third-order valence-electron chi connectivity index (χ3n) is 1.66. The molecule has 0 spiro atoms. The van der Waals surface area contributed by atoms with Gasteiger partial charge in [0.2, 0.25) is 0 Å². The second kappa shape index (κ2) is 3.51. The normalized spacial score (nSPS) is 13.5. The molecule has 0 fully saturated rings. The summed E-state index contributed by atoms with van der Waals surface area (Å²) in [6, 6.07) is 0. The van der Waals surface area contributed by atoms with E-state index in [2.05, 4.69) is 0 Å². The molecule has 5 heteroatoms. The van der Waals surface area contributed by atoms with Gasteiger partial charge >= 0.3 is 0 Å². The smallest absolute Gasteiger partial charge is 0.254 e. The van der Waals surface area contributed by atoms with Crippen LogP contribution in [0.25, 0.3) is 0 Å². The molecule has 0 bridgehead atoms. The zero-order chi connectivity index (χ0) is 9.12. The predicted octanol–water partition coefficient (Wildman–Crippen LogP) is 0.323. The van der Waals surface area contributed by atoms with Crippen molar-refractivity contribution in [1.82, 2.24) is 0 Å². The van der Waals surface area contributed by atoms with E-state index in [1.165, 1.54) is 14.1 Å². The molecule has 0 aromatic heterocycles. The maximum Gasteiger partial charge on any atom is 0.254 e. The molecule has 4 nitrogen and oxygen atoms in total. The quantitative estimate of drug-likeness (QED) is 0.463. The van der Waals surface area contributed by atoms with E-state index in [1.807, 2.05) is 6.92 Å². The first-order valence-corrected chi connectivity index (χ1v) is 4.97. The van der Waals surface area contributed by atoms with Crippen LogP contribution in [0.15, 0.2) is 0 Å². The molecule has 0 unspecified atom stereocenters. The molecular weight excluding hydrogens is 166 g/mol. The molecule has 0 radical (unpaired) electrons. The Morgan fingerprint density at radius 1 is 1.36 bits per heavy atom. The van der Waals surface area contributed by atoms with E-state index in [-0.39, 0.29) is 0 Å². The summed E-state index contributed by atoms with van der Waals surface area (Å²) in [6.45, 7) is 2.35. The van der Waals surface area contributed by atoms with E-state index in [0.29, 0.717) is 6.54 Å². The molecule has 0 saturated carbocycles. The Kier molecular flexibility index (Phi) is 3.47. The van der Waals surface area contributed by atoms with E-state index >= 15 is 0 Å². The molecule has 0 saturated heterocycles. The van der Waals surface area contributed by atoms with Gasteiger partial charge in [-0.2, -0.15) is 8.42 Å². The molecule has 0 aliphatic heterocycles. The van der Waals surface area contributed by atoms with Gasteiger partial charge in [0.1, 0.15) is 0 Å². The molecule has 0 aromatic rings. The second-order valence-corrected chi connectivity index (χ2v) is 4.92. The van der Waals surface area contributed by atoms with Gasteiger partial charge in [0.05, 0.1) is 20.6 Å². The number of unbranched alkanes of at least 4 members (excludes halogenated alkanes) is 1. The Morgan fingerprint density at radius 2 is 1.82 bits per heavy atom. The van der Waals surface area contributed by atoms with Crippen molar-refractivity contribution < 1.29 is 16.9 Å². The Morgan fingerprint density at radius 3 is 2.09 bits per heavy atom. The van der Waals surface area contributed by atoms with Gasteiger partial charge in [-0.15, -0.1) is 0 Å². The Hall–Kier alpha value is -0.130. The lowest BCUT2D eigenvalue weighted by Crippen LogP contribution is -2.45. The van der Waals surface area contributed by atoms with Gasteiger partial charge in [-0.3, -0.25) is 0 Å². The SMILES string of the molecule is CCCC[N+](C)(C)S(=O)(=O)[O-]. The Balaban J connectivity index is 4.24. The third-order valence-corrected chi connectivity index (χ3v) is 3.05. The summed E-state index contributed by atoms with van der Waals surface area (Å²) < 4.78 is 31.3. The fourth-order valence-electron chi connectivity index (χ4n) is 0.651. The van der Waals surface area contributed by atoms with Crippen molar-refractivity contribution in [3.63, 3.8) is 0 Å². The maximum absolute atomic E-state index is 10.6. The highest BCUT2D eigenvalue weighted by Gasteiger charge is 2.21. The average Bonchev–Trinajstić information content (AvgIpc) is 1.81. The van der Waals surface area contributed by atoms with Crippen LogP contribution in [-0.4, -0.2) is 37.5 Å². The highest BCUT2D eigenvalue weighted by atomic mass is 32.2. The van der Waals surface area contributed by atoms with Gasteiger partial charge in [0.25, 0.3) is 10.3 Å². The van der Waals surface area contributed by atoms with E-state index in [0.717, 1.165) is 12.8 Å². The fourth-order valence-corrected chi connectivity index (χ4v) is 1.00. The molecule has 68 valence electrons. The lowest BCUT2D eigenvalue weighted by Gasteiger charge is -2.30. The van der Waals surface area contributed by atoms with Gasteiger partial charge in [-0.05, 0) is 6.42 Å². The van der Waals surface area contributed by atoms with Crippen LogP contribution in [0, 0.1) is 0 Å². The number of nitrogens with zero attached hydrogens (tertiary/aromatic N) is 1. The zero-order valence-electron chi connectivity index (χ0n) is 7.20. The lowest BCUT2D eigenvalue weighted by molar-refractivity contribution is -0.767. The summed E-state index contributed by atoms with van der Waals surface area (Å²) in [7, 11) is -1.36. The third kappa shape index (κ3) is 3.18. The highest BCUT2D eigenvalue weighted by molar-refractivity contribution is 7.79. The van der Waals surface area contributed by atoms with Crippen LogP contribution in [0.1, 0.15) is 19.8 Å². The largest absolute Gasteiger partial charge is 0.702 e. The molecule has 0 N–H and O–H groups in total. The summed E-state index contributed by atoms with van der Waals surface area (Å²) in [5.74, 6) is 0. The minimum Gasteiger partial charge on any atom is -0.702 e. The van der Waals surface area contributed by atoms with Crippen molar-refractivity contribution in [3.05, 3.63) is 0 Å². The predicted molar refractivity (Wildman–Crippen MR) is 41.6 cm³/mol. The van der Waals surface area contributed by atoms with Gasteiger partial charge in [-0.25, -0.2) is 3.89 Å². The van der Waals surface area contributed by atoms with Crippen LogP contribution in [0.2, 0.25) is 0 Å². The molecule has 0 atom stereocenters. The molecule has 0 amide bonds. The Labute approximate surface area is 68.3 Å². The molecule has 11 heavy (non-hydrogen) atoms. The fraction of sp³-hybridized carbons (Fsp3) is 1.00. The summed E-state index contributed by atoms with van der Waals surface area (Å²) >= 11 is 0. The van der Waals surface area contributed by atoms with E-state index in [1.54, 1.807) is 0 Å². The van der Waals surface area contributed by atoms with Crippen molar-refractivity contribution >= 4 is 10.3 Å². The molecule has 0 aliphatic carbocycles. The van der Waals surface area contributed by atoms with E-state index in [4.69, 9.17) is 0 Å². The molecule has 0 aliphatic rings. The van der Waals surface area contributed by atoms with Crippen LogP contribution in [-0.2, 0) is 10.3 Å². The van der Waals surface area contributed by atoms with Crippen molar-refractivity contribution in [2.45, 2.75) is 19.8 Å². The average molecular weight is 181 g/mol. The lowest BCUT2D eigenvalue weighted by atomic mass is 10.3. The summed E-state index contributed by atoms with van der Waals surface area (Å²) in [4.78, 5) is 0. The van der Waals surface area contributed by atoms with E-state index in [9.17, 15) is 13.0 Å². The highest BCUT2D eigenvalue weighted by Crippen LogP contribution is 2.07. The van der Waals surface area contributed by atoms with Gasteiger partial charge in [0.15, 0.2) is 0 Å². The summed E-state index contributed by atoms with van der Waals surface area (Å²) in [5.41, 5.74) is 0. The summed E-state index contributed by atoms with van der Waals surface area (Å²) in [5, 5.41) is 0. The first kappa shape index (κ1) is 10.9. The zero-order valence-corrected chi connectivity index (χ0v) is 8.02. The molecule has 0 aromatic carbocycles. The molecular formula is C6H15NO3S.